The molecule has 0 spiro atoms. The lowest BCUT2D eigenvalue weighted by Crippen LogP contribution is -2.27. The summed E-state index contributed by atoms with van der Waals surface area (Å²) in [5, 5.41) is 10.0. The average Bonchev–Trinajstić information content (AvgIpc) is 3.27. The van der Waals surface area contributed by atoms with E-state index < -0.39 is 64.5 Å². The maximum Gasteiger partial charge on any atom is 0.333 e. The number of nitriles is 1. The Morgan fingerprint density at radius 3 is 2.07 bits per heavy atom. The number of alkyl halides is 4. The summed E-state index contributed by atoms with van der Waals surface area (Å²) in [6, 6.07) is 22.8. The van der Waals surface area contributed by atoms with Crippen LogP contribution in [0.25, 0.3) is 11.0 Å². The van der Waals surface area contributed by atoms with Crippen LogP contribution in [-0.2, 0) is 6.54 Å². The summed E-state index contributed by atoms with van der Waals surface area (Å²) in [5.74, 6) is -1.91. The molecular weight excluding hydrogens is 591 g/mol. The molecule has 1 heterocycles. The van der Waals surface area contributed by atoms with Gasteiger partial charge >= 0.3 is 12.2 Å². The van der Waals surface area contributed by atoms with E-state index in [1.807, 2.05) is 0 Å². The Morgan fingerprint density at radius 1 is 0.930 bits per heavy atom. The van der Waals surface area contributed by atoms with Gasteiger partial charge in [0.1, 0.15) is 11.9 Å². The monoisotopic (exact) mass is 608 g/mol. The van der Waals surface area contributed by atoms with Crippen molar-refractivity contribution in [2.24, 2.45) is 4.99 Å². The van der Waals surface area contributed by atoms with Gasteiger partial charge in [-0.1, -0.05) is 72.3 Å². The number of rotatable bonds is 8. The van der Waals surface area contributed by atoms with Gasteiger partial charge in [-0.15, -0.1) is 0 Å². The highest BCUT2D eigenvalue weighted by Gasteiger charge is 2.31. The van der Waals surface area contributed by atoms with Gasteiger partial charge in [-0.05, 0) is 24.3 Å². The zero-order valence-electron chi connectivity index (χ0n) is 21.8. The molecule has 0 radical (unpaired) electrons. The molecule has 6 nitrogen and oxygen atoms in total. The number of nitrogens with zero attached hydrogens (tertiary/aromatic N) is 4. The summed E-state index contributed by atoms with van der Waals surface area (Å²) < 4.78 is 70.0. The quantitative estimate of drug-likeness (QED) is 0.104. The minimum atomic E-state index is -3.56. The average molecular weight is 609 g/mol. The van der Waals surface area contributed by atoms with E-state index >= 15 is 0 Å². The van der Waals surface area contributed by atoms with Gasteiger partial charge < -0.3 is 0 Å². The third-order valence-electron chi connectivity index (χ3n) is 6.58. The van der Waals surface area contributed by atoms with Crippen molar-refractivity contribution in [1.29, 1.82) is 5.26 Å². The molecule has 43 heavy (non-hydrogen) atoms. The van der Waals surface area contributed by atoms with E-state index in [1.165, 1.54) is 0 Å². The topological polar surface area (TPSA) is 80.2 Å². The van der Waals surface area contributed by atoms with Crippen molar-refractivity contribution in [3.8, 4) is 6.07 Å². The van der Waals surface area contributed by atoms with Gasteiger partial charge in [0.25, 0.3) is 6.43 Å². The van der Waals surface area contributed by atoms with Crippen molar-refractivity contribution in [3.05, 3.63) is 134 Å². The highest BCUT2D eigenvalue weighted by molar-refractivity contribution is 6.35. The zero-order chi connectivity index (χ0) is 30.8. The van der Waals surface area contributed by atoms with Crippen LogP contribution in [0.1, 0.15) is 39.2 Å². The van der Waals surface area contributed by atoms with Gasteiger partial charge in [-0.25, -0.2) is 27.5 Å². The van der Waals surface area contributed by atoms with Crippen LogP contribution in [0.2, 0.25) is 5.02 Å². The standard InChI is InChI=1S/C31H18ClF5N4O2/c32-22-12-11-19(33)13-20(22)29(42)26-21(15-38)28-24(40(16-25(34)35)31(43)41(28)30(36)37)14-23(26)39-27(17-7-3-1-4-8-17)18-9-5-2-6-10-18/h1-14,25,30H,16H2. The van der Waals surface area contributed by atoms with Crippen LogP contribution in [0, 0.1) is 17.1 Å². The van der Waals surface area contributed by atoms with Gasteiger partial charge in [0, 0.05) is 16.7 Å². The number of carbonyl (C=O) groups excluding carboxylic acids is 1. The van der Waals surface area contributed by atoms with Crippen molar-refractivity contribution in [3.63, 3.8) is 0 Å². The fourth-order valence-corrected chi connectivity index (χ4v) is 4.96. The van der Waals surface area contributed by atoms with Crippen LogP contribution in [0.3, 0.4) is 0 Å². The van der Waals surface area contributed by atoms with E-state index in [9.17, 15) is 36.8 Å². The molecule has 0 bridgehead atoms. The molecule has 0 atom stereocenters. The highest BCUT2D eigenvalue weighted by atomic mass is 35.5. The second-order valence-corrected chi connectivity index (χ2v) is 9.61. The molecule has 0 N–H and O–H groups in total. The number of benzene rings is 4. The Kier molecular flexibility index (Phi) is 8.23. The fraction of sp³-hybridized carbons (Fsp3) is 0.0968. The minimum absolute atomic E-state index is 0.136. The lowest BCUT2D eigenvalue weighted by molar-refractivity contribution is 0.0683. The highest BCUT2D eigenvalue weighted by Crippen LogP contribution is 2.36. The van der Waals surface area contributed by atoms with E-state index in [0.29, 0.717) is 15.7 Å². The van der Waals surface area contributed by atoms with Crippen LogP contribution >= 0.6 is 11.6 Å². The summed E-state index contributed by atoms with van der Waals surface area (Å²) in [7, 11) is 0. The number of carbonyl (C=O) groups is 1. The molecule has 0 aliphatic carbocycles. The van der Waals surface area contributed by atoms with E-state index in [1.54, 1.807) is 66.7 Å². The molecule has 0 amide bonds. The van der Waals surface area contributed by atoms with Crippen molar-refractivity contribution in [2.45, 2.75) is 19.5 Å². The SMILES string of the molecule is N#Cc1c(C(=O)c2cc(F)ccc2Cl)c(N=C(c2ccccc2)c2ccccc2)cc2c1n(C(F)F)c(=O)n2CC(F)F. The summed E-state index contributed by atoms with van der Waals surface area (Å²) >= 11 is 6.20. The van der Waals surface area contributed by atoms with Crippen molar-refractivity contribution in [1.82, 2.24) is 9.13 Å². The zero-order valence-corrected chi connectivity index (χ0v) is 22.6. The summed E-state index contributed by atoms with van der Waals surface area (Å²) in [6.45, 7) is -4.82. The van der Waals surface area contributed by atoms with Crippen molar-refractivity contribution >= 4 is 39.8 Å². The molecule has 0 aliphatic heterocycles. The van der Waals surface area contributed by atoms with E-state index in [-0.39, 0.29) is 21.0 Å². The largest absolute Gasteiger partial charge is 0.333 e. The lowest BCUT2D eigenvalue weighted by atomic mass is 9.94. The first-order valence-corrected chi connectivity index (χ1v) is 13.0. The molecule has 1 aromatic heterocycles. The van der Waals surface area contributed by atoms with E-state index in [2.05, 4.69) is 4.99 Å². The number of ketones is 1. The third kappa shape index (κ3) is 5.57. The molecule has 0 unspecified atom stereocenters. The van der Waals surface area contributed by atoms with Crippen LogP contribution in [-0.4, -0.2) is 27.1 Å². The maximum atomic E-state index is 14.2. The van der Waals surface area contributed by atoms with Crippen LogP contribution in [0.4, 0.5) is 27.6 Å². The summed E-state index contributed by atoms with van der Waals surface area (Å²) in [6.07, 6.45) is -3.12. The van der Waals surface area contributed by atoms with Crippen LogP contribution in [0.15, 0.2) is 94.7 Å². The van der Waals surface area contributed by atoms with Crippen molar-refractivity contribution in [2.75, 3.05) is 0 Å². The predicted molar refractivity (Wildman–Crippen MR) is 151 cm³/mol. The molecule has 5 rings (SSSR count). The molecule has 5 aromatic rings. The van der Waals surface area contributed by atoms with Gasteiger partial charge in [0.2, 0.25) is 0 Å². The first-order valence-electron chi connectivity index (χ1n) is 12.6. The lowest BCUT2D eigenvalue weighted by Gasteiger charge is -2.14. The Hall–Kier alpha value is -5.08. The Labute approximate surface area is 245 Å². The third-order valence-corrected chi connectivity index (χ3v) is 6.91. The number of halogens is 6. The molecule has 12 heteroatoms. The number of aliphatic imine (C=N–C) groups is 1. The smallest absolute Gasteiger partial charge is 0.288 e. The first kappa shape index (κ1) is 29.4. The predicted octanol–water partition coefficient (Wildman–Crippen LogP) is 7.53. The second kappa shape index (κ2) is 12.0. The van der Waals surface area contributed by atoms with Gasteiger partial charge in [-0.2, -0.15) is 14.0 Å². The van der Waals surface area contributed by atoms with E-state index in [4.69, 9.17) is 11.6 Å². The number of aromatic nitrogens is 2. The molecular formula is C31H18ClF5N4O2. The van der Waals surface area contributed by atoms with Gasteiger partial charge in [-0.3, -0.25) is 9.36 Å². The normalized spacial score (nSPS) is 11.2. The molecule has 216 valence electrons. The second-order valence-electron chi connectivity index (χ2n) is 9.20. The number of hydrogen-bond donors (Lipinski definition) is 0. The number of imidazole rings is 1. The summed E-state index contributed by atoms with van der Waals surface area (Å²) in [4.78, 5) is 31.6. The van der Waals surface area contributed by atoms with Crippen molar-refractivity contribution < 1.29 is 26.7 Å². The number of fused-ring (bicyclic) bond motifs is 1. The number of hydrogen-bond acceptors (Lipinski definition) is 4. The molecule has 0 saturated heterocycles. The van der Waals surface area contributed by atoms with Gasteiger partial charge in [0.15, 0.2) is 5.78 Å². The molecule has 0 aliphatic rings. The van der Waals surface area contributed by atoms with E-state index in [0.717, 1.165) is 24.3 Å². The van der Waals surface area contributed by atoms with Crippen LogP contribution in [0.5, 0.6) is 0 Å². The molecule has 0 saturated carbocycles. The Morgan fingerprint density at radius 2 is 1.53 bits per heavy atom. The van der Waals surface area contributed by atoms with Crippen LogP contribution < -0.4 is 5.69 Å². The maximum absolute atomic E-state index is 14.2. The Bertz CT molecular complexity index is 1940. The molecule has 4 aromatic carbocycles. The minimum Gasteiger partial charge on any atom is -0.288 e. The molecule has 0 fully saturated rings. The Balaban J connectivity index is 1.97. The summed E-state index contributed by atoms with van der Waals surface area (Å²) in [5.41, 5.74) is -3.42. The first-order chi connectivity index (χ1) is 20.6. The fourth-order valence-electron chi connectivity index (χ4n) is 4.76. The van der Waals surface area contributed by atoms with Gasteiger partial charge in [0.05, 0.1) is 45.1 Å².